The van der Waals surface area contributed by atoms with Gasteiger partial charge in [-0.25, -0.2) is 0 Å². The van der Waals surface area contributed by atoms with Crippen molar-refractivity contribution in [3.63, 3.8) is 0 Å². The molecule has 0 radical (unpaired) electrons. The van der Waals surface area contributed by atoms with Gasteiger partial charge in [-0.3, -0.25) is 4.98 Å². The first kappa shape index (κ1) is 12.3. The summed E-state index contributed by atoms with van der Waals surface area (Å²) in [5, 5.41) is 22.5. The van der Waals surface area contributed by atoms with Gasteiger partial charge in [-0.1, -0.05) is 18.2 Å². The van der Waals surface area contributed by atoms with E-state index in [0.29, 0.717) is 18.5 Å². The molecule has 1 heterocycles. The molecule has 1 atom stereocenters. The van der Waals surface area contributed by atoms with E-state index in [0.717, 1.165) is 16.6 Å². The van der Waals surface area contributed by atoms with E-state index in [1.165, 1.54) is 0 Å². The molecule has 0 bridgehead atoms. The van der Waals surface area contributed by atoms with E-state index in [4.69, 9.17) is 5.26 Å². The summed E-state index contributed by atoms with van der Waals surface area (Å²) >= 11 is 0. The average molecular weight is 241 g/mol. The third-order valence-corrected chi connectivity index (χ3v) is 2.76. The van der Waals surface area contributed by atoms with Crippen LogP contribution in [0.25, 0.3) is 10.9 Å². The van der Waals surface area contributed by atoms with Crippen LogP contribution in [0.1, 0.15) is 18.9 Å². The number of rotatable bonds is 4. The van der Waals surface area contributed by atoms with Crippen molar-refractivity contribution < 1.29 is 5.11 Å². The zero-order valence-electron chi connectivity index (χ0n) is 10.2. The second kappa shape index (κ2) is 5.48. The Kier molecular flexibility index (Phi) is 3.75. The molecule has 2 rings (SSSR count). The van der Waals surface area contributed by atoms with Crippen molar-refractivity contribution in [1.29, 1.82) is 5.26 Å². The van der Waals surface area contributed by atoms with Crippen molar-refractivity contribution in [1.82, 2.24) is 4.98 Å². The number of nitrogens with zero attached hydrogens (tertiary/aromatic N) is 2. The standard InChI is InChI=1S/C14H15N3O/c1-10(18)6-7-16-14-11(8-15)9-17-13-5-3-2-4-12(13)14/h2-5,9-10,18H,6-7H2,1H3,(H,16,17). The van der Waals surface area contributed by atoms with E-state index in [9.17, 15) is 5.11 Å². The molecule has 92 valence electrons. The van der Waals surface area contributed by atoms with Crippen LogP contribution in [0.2, 0.25) is 0 Å². The van der Waals surface area contributed by atoms with Crippen molar-refractivity contribution in [2.45, 2.75) is 19.4 Å². The third-order valence-electron chi connectivity index (χ3n) is 2.76. The molecule has 2 N–H and O–H groups in total. The lowest BCUT2D eigenvalue weighted by Crippen LogP contribution is -2.11. The number of hydrogen-bond acceptors (Lipinski definition) is 4. The lowest BCUT2D eigenvalue weighted by atomic mass is 10.1. The number of fused-ring (bicyclic) bond motifs is 1. The zero-order valence-corrected chi connectivity index (χ0v) is 10.2. The van der Waals surface area contributed by atoms with Gasteiger partial charge in [0.2, 0.25) is 0 Å². The van der Waals surface area contributed by atoms with Crippen molar-refractivity contribution in [2.75, 3.05) is 11.9 Å². The number of pyridine rings is 1. The molecular weight excluding hydrogens is 226 g/mol. The monoisotopic (exact) mass is 241 g/mol. The van der Waals surface area contributed by atoms with Gasteiger partial charge in [0.15, 0.2) is 0 Å². The van der Waals surface area contributed by atoms with Crippen molar-refractivity contribution >= 4 is 16.6 Å². The van der Waals surface area contributed by atoms with Crippen LogP contribution in [-0.4, -0.2) is 22.7 Å². The van der Waals surface area contributed by atoms with Crippen LogP contribution >= 0.6 is 0 Å². The summed E-state index contributed by atoms with van der Waals surface area (Å²) in [6, 6.07) is 9.83. The lowest BCUT2D eigenvalue weighted by molar-refractivity contribution is 0.189. The number of aliphatic hydroxyl groups excluding tert-OH is 1. The number of nitriles is 1. The molecule has 2 aromatic rings. The fourth-order valence-electron chi connectivity index (χ4n) is 1.82. The second-order valence-electron chi connectivity index (χ2n) is 4.24. The minimum absolute atomic E-state index is 0.351. The highest BCUT2D eigenvalue weighted by atomic mass is 16.3. The van der Waals surface area contributed by atoms with Crippen LogP contribution in [0.5, 0.6) is 0 Å². The molecule has 1 unspecified atom stereocenters. The molecule has 4 nitrogen and oxygen atoms in total. The molecule has 0 fully saturated rings. The number of benzene rings is 1. The minimum Gasteiger partial charge on any atom is -0.393 e. The topological polar surface area (TPSA) is 68.9 Å². The van der Waals surface area contributed by atoms with Gasteiger partial charge in [0.25, 0.3) is 0 Å². The second-order valence-corrected chi connectivity index (χ2v) is 4.24. The summed E-state index contributed by atoms with van der Waals surface area (Å²) in [6.45, 7) is 2.37. The molecule has 0 aliphatic carbocycles. The molecule has 0 saturated carbocycles. The zero-order chi connectivity index (χ0) is 13.0. The summed E-state index contributed by atoms with van der Waals surface area (Å²) in [6.07, 6.45) is 1.87. The van der Waals surface area contributed by atoms with Crippen molar-refractivity contribution in [3.8, 4) is 6.07 Å². The Bertz CT molecular complexity index is 587. The molecule has 0 aliphatic rings. The molecule has 18 heavy (non-hydrogen) atoms. The maximum atomic E-state index is 9.25. The largest absolute Gasteiger partial charge is 0.393 e. The van der Waals surface area contributed by atoms with E-state index in [1.807, 2.05) is 24.3 Å². The maximum absolute atomic E-state index is 9.25. The van der Waals surface area contributed by atoms with Gasteiger partial charge in [-0.15, -0.1) is 0 Å². The normalized spacial score (nSPS) is 12.1. The molecule has 1 aromatic carbocycles. The first-order valence-electron chi connectivity index (χ1n) is 5.92. The number of aromatic nitrogens is 1. The third kappa shape index (κ3) is 2.58. The quantitative estimate of drug-likeness (QED) is 0.861. The van der Waals surface area contributed by atoms with Crippen LogP contribution in [0.15, 0.2) is 30.5 Å². The van der Waals surface area contributed by atoms with Gasteiger partial charge in [0, 0.05) is 18.1 Å². The highest BCUT2D eigenvalue weighted by molar-refractivity contribution is 5.93. The minimum atomic E-state index is -0.351. The molecule has 4 heteroatoms. The predicted molar refractivity (Wildman–Crippen MR) is 71.2 cm³/mol. The number of para-hydroxylation sites is 1. The Morgan fingerprint density at radius 3 is 2.94 bits per heavy atom. The van der Waals surface area contributed by atoms with Gasteiger partial charge in [-0.05, 0) is 19.4 Å². The molecular formula is C14H15N3O. The van der Waals surface area contributed by atoms with Crippen LogP contribution in [0, 0.1) is 11.3 Å². The molecule has 0 amide bonds. The van der Waals surface area contributed by atoms with E-state index in [-0.39, 0.29) is 6.10 Å². The lowest BCUT2D eigenvalue weighted by Gasteiger charge is -2.11. The fourth-order valence-corrected chi connectivity index (χ4v) is 1.82. The van der Waals surface area contributed by atoms with Gasteiger partial charge < -0.3 is 10.4 Å². The number of anilines is 1. The van der Waals surface area contributed by atoms with Gasteiger partial charge in [0.1, 0.15) is 6.07 Å². The van der Waals surface area contributed by atoms with Crippen molar-refractivity contribution in [2.24, 2.45) is 0 Å². The first-order valence-corrected chi connectivity index (χ1v) is 5.92. The van der Waals surface area contributed by atoms with E-state index >= 15 is 0 Å². The average Bonchev–Trinajstić information content (AvgIpc) is 2.38. The Morgan fingerprint density at radius 2 is 2.22 bits per heavy atom. The van der Waals surface area contributed by atoms with Crippen LogP contribution < -0.4 is 5.32 Å². The van der Waals surface area contributed by atoms with Crippen LogP contribution in [0.4, 0.5) is 5.69 Å². The van der Waals surface area contributed by atoms with E-state index in [1.54, 1.807) is 13.1 Å². The maximum Gasteiger partial charge on any atom is 0.103 e. The molecule has 0 aliphatic heterocycles. The van der Waals surface area contributed by atoms with Crippen LogP contribution in [-0.2, 0) is 0 Å². The van der Waals surface area contributed by atoms with Gasteiger partial charge in [-0.2, -0.15) is 5.26 Å². The summed E-state index contributed by atoms with van der Waals surface area (Å²) < 4.78 is 0. The highest BCUT2D eigenvalue weighted by Gasteiger charge is 2.08. The molecule has 0 spiro atoms. The summed E-state index contributed by atoms with van der Waals surface area (Å²) in [4.78, 5) is 4.24. The molecule has 0 saturated heterocycles. The Labute approximate surface area is 106 Å². The fraction of sp³-hybridized carbons (Fsp3) is 0.286. The predicted octanol–water partition coefficient (Wildman–Crippen LogP) is 2.29. The number of aliphatic hydroxyl groups is 1. The summed E-state index contributed by atoms with van der Waals surface area (Å²) in [5.74, 6) is 0. The Morgan fingerprint density at radius 1 is 1.44 bits per heavy atom. The Hall–Kier alpha value is -2.12. The number of nitrogens with one attached hydrogen (secondary N) is 1. The summed E-state index contributed by atoms with van der Waals surface area (Å²) in [7, 11) is 0. The van der Waals surface area contributed by atoms with E-state index < -0.39 is 0 Å². The van der Waals surface area contributed by atoms with Gasteiger partial charge in [0.05, 0.1) is 22.9 Å². The van der Waals surface area contributed by atoms with Gasteiger partial charge >= 0.3 is 0 Å². The SMILES string of the molecule is CC(O)CCNc1c(C#N)cnc2ccccc12. The smallest absolute Gasteiger partial charge is 0.103 e. The number of hydrogen-bond donors (Lipinski definition) is 2. The van der Waals surface area contributed by atoms with Crippen LogP contribution in [0.3, 0.4) is 0 Å². The molecule has 1 aromatic heterocycles. The van der Waals surface area contributed by atoms with E-state index in [2.05, 4.69) is 16.4 Å². The first-order chi connectivity index (χ1) is 8.72. The van der Waals surface area contributed by atoms with Crippen molar-refractivity contribution in [3.05, 3.63) is 36.0 Å². The highest BCUT2D eigenvalue weighted by Crippen LogP contribution is 2.25. The Balaban J connectivity index is 2.36. The summed E-state index contributed by atoms with van der Waals surface area (Å²) in [5.41, 5.74) is 2.18.